The summed E-state index contributed by atoms with van der Waals surface area (Å²) < 4.78 is 60.4. The number of aryl methyl sites for hydroxylation is 1. The molecule has 12 heteroatoms. The largest absolute Gasteiger partial charge is 0.416 e. The van der Waals surface area contributed by atoms with Crippen molar-refractivity contribution in [3.05, 3.63) is 89.9 Å². The van der Waals surface area contributed by atoms with Gasteiger partial charge in [0, 0.05) is 60.0 Å². The number of nitrogens with zero attached hydrogens (tertiary/aromatic N) is 5. The molecule has 5 aromatic rings. The smallest absolute Gasteiger partial charge is 0.396 e. The molecule has 39 heavy (non-hydrogen) atoms. The van der Waals surface area contributed by atoms with E-state index in [9.17, 15) is 27.3 Å². The number of aliphatic hydroxyl groups is 1. The summed E-state index contributed by atoms with van der Waals surface area (Å²) in [5.74, 6) is -0.564. The Balaban J connectivity index is 1.58. The summed E-state index contributed by atoms with van der Waals surface area (Å²) in [5.41, 5.74) is 1.80. The molecular formula is C27H24F3N5O3S. The van der Waals surface area contributed by atoms with E-state index in [2.05, 4.69) is 14.4 Å². The number of carbonyl (C=O) groups is 1. The van der Waals surface area contributed by atoms with Crippen LogP contribution < -0.4 is 0 Å². The summed E-state index contributed by atoms with van der Waals surface area (Å²) in [4.78, 5) is 17.2. The van der Waals surface area contributed by atoms with Gasteiger partial charge in [-0.05, 0) is 66.6 Å². The van der Waals surface area contributed by atoms with Crippen molar-refractivity contribution in [3.8, 4) is 5.69 Å². The minimum absolute atomic E-state index is 0.0423. The fourth-order valence-corrected chi connectivity index (χ4v) is 6.47. The van der Waals surface area contributed by atoms with E-state index in [4.69, 9.17) is 0 Å². The van der Waals surface area contributed by atoms with E-state index >= 15 is 0 Å². The van der Waals surface area contributed by atoms with E-state index in [1.54, 1.807) is 65.2 Å². The van der Waals surface area contributed by atoms with Gasteiger partial charge < -0.3 is 5.11 Å². The average Bonchev–Trinajstić information content (AvgIpc) is 3.42. The predicted molar refractivity (Wildman–Crippen MR) is 142 cm³/mol. The third kappa shape index (κ3) is 5.43. The molecule has 202 valence electrons. The van der Waals surface area contributed by atoms with Gasteiger partial charge in [-0.25, -0.2) is 4.21 Å². The topological polar surface area (TPSA) is 102 Å². The van der Waals surface area contributed by atoms with Gasteiger partial charge in [0.25, 0.3) is 5.91 Å². The number of pyridine rings is 1. The van der Waals surface area contributed by atoms with Crippen LogP contribution in [0.15, 0.2) is 77.6 Å². The second-order valence-electron chi connectivity index (χ2n) is 9.10. The highest BCUT2D eigenvalue weighted by atomic mass is 32.2. The predicted octanol–water partition coefficient (Wildman–Crippen LogP) is 5.12. The Bertz CT molecular complexity index is 1790. The molecule has 1 atom stereocenters. The maximum atomic E-state index is 13.6. The average molecular weight is 556 g/mol. The van der Waals surface area contributed by atoms with Gasteiger partial charge in [0.2, 0.25) is 0 Å². The van der Waals surface area contributed by atoms with E-state index in [1.165, 1.54) is 12.1 Å². The van der Waals surface area contributed by atoms with E-state index in [0.29, 0.717) is 33.2 Å². The fourth-order valence-electron chi connectivity index (χ4n) is 4.47. The molecule has 1 amide bonds. The summed E-state index contributed by atoms with van der Waals surface area (Å²) in [5, 5.41) is 15.1. The number of rotatable bonds is 7. The molecule has 1 N–H and O–H groups in total. The van der Waals surface area contributed by atoms with Gasteiger partial charge in [-0.15, -0.1) is 0 Å². The van der Waals surface area contributed by atoms with Crippen LogP contribution in [0.5, 0.6) is 0 Å². The number of aliphatic hydroxyl groups excluding tert-OH is 1. The number of aromatic nitrogens is 4. The maximum absolute atomic E-state index is 13.6. The van der Waals surface area contributed by atoms with Crippen molar-refractivity contribution < 1.29 is 27.3 Å². The van der Waals surface area contributed by atoms with Crippen LogP contribution in [0.2, 0.25) is 0 Å². The SMILES string of the molecule is Cn1cc2c3cc(C(=O)N=[S@@](=O)(CCCO)Cc4ccncc4)ccc3n(-c3ccc(C(F)(F)F)cc3)c2n1. The zero-order chi connectivity index (χ0) is 27.8. The van der Waals surface area contributed by atoms with E-state index < -0.39 is 27.4 Å². The van der Waals surface area contributed by atoms with Gasteiger partial charge in [0.15, 0.2) is 5.65 Å². The highest BCUT2D eigenvalue weighted by Crippen LogP contribution is 2.34. The van der Waals surface area contributed by atoms with Crippen molar-refractivity contribution in [2.24, 2.45) is 11.4 Å². The van der Waals surface area contributed by atoms with Crippen LogP contribution in [0.1, 0.15) is 27.9 Å². The Morgan fingerprint density at radius 1 is 1.05 bits per heavy atom. The first-order chi connectivity index (χ1) is 18.6. The van der Waals surface area contributed by atoms with Crippen molar-refractivity contribution in [2.75, 3.05) is 12.4 Å². The number of alkyl halides is 3. The molecule has 8 nitrogen and oxygen atoms in total. The molecular weight excluding hydrogens is 531 g/mol. The Morgan fingerprint density at radius 3 is 2.44 bits per heavy atom. The molecule has 0 radical (unpaired) electrons. The highest BCUT2D eigenvalue weighted by Gasteiger charge is 2.30. The van der Waals surface area contributed by atoms with Crippen LogP contribution in [0.25, 0.3) is 27.6 Å². The maximum Gasteiger partial charge on any atom is 0.416 e. The molecule has 0 aliphatic rings. The van der Waals surface area contributed by atoms with Gasteiger partial charge >= 0.3 is 6.18 Å². The lowest BCUT2D eigenvalue weighted by atomic mass is 10.1. The monoisotopic (exact) mass is 555 g/mol. The molecule has 3 heterocycles. The van der Waals surface area contributed by atoms with Crippen LogP contribution in [-0.4, -0.2) is 46.9 Å². The Hall–Kier alpha value is -4.03. The molecule has 3 aromatic heterocycles. The lowest BCUT2D eigenvalue weighted by molar-refractivity contribution is -0.137. The highest BCUT2D eigenvalue weighted by molar-refractivity contribution is 7.93. The summed E-state index contributed by atoms with van der Waals surface area (Å²) >= 11 is 0. The first-order valence-electron chi connectivity index (χ1n) is 12.0. The van der Waals surface area contributed by atoms with Crippen molar-refractivity contribution in [3.63, 3.8) is 0 Å². The van der Waals surface area contributed by atoms with Crippen LogP contribution in [0.4, 0.5) is 13.2 Å². The molecule has 0 aliphatic heterocycles. The fraction of sp³-hybridized carbons (Fsp3) is 0.222. The quantitative estimate of drug-likeness (QED) is 0.300. The number of benzene rings is 2. The Labute approximate surface area is 221 Å². The van der Waals surface area contributed by atoms with E-state index in [1.807, 2.05) is 0 Å². The molecule has 0 bridgehead atoms. The molecule has 0 fully saturated rings. The third-order valence-electron chi connectivity index (χ3n) is 6.26. The molecule has 0 saturated heterocycles. The first kappa shape index (κ1) is 26.6. The number of hydrogen-bond acceptors (Lipinski definition) is 5. The van der Waals surface area contributed by atoms with Crippen molar-refractivity contribution in [2.45, 2.75) is 18.3 Å². The van der Waals surface area contributed by atoms with Gasteiger partial charge in [-0.1, -0.05) is 0 Å². The minimum Gasteiger partial charge on any atom is -0.396 e. The zero-order valence-electron chi connectivity index (χ0n) is 20.8. The van der Waals surface area contributed by atoms with Gasteiger partial charge in [-0.2, -0.15) is 22.6 Å². The molecule has 2 aromatic carbocycles. The zero-order valence-corrected chi connectivity index (χ0v) is 21.6. The number of amides is 1. The molecule has 0 unspecified atom stereocenters. The lowest BCUT2D eigenvalue weighted by Gasteiger charge is -2.11. The number of hydrogen-bond donors (Lipinski definition) is 1. The van der Waals surface area contributed by atoms with E-state index in [0.717, 1.165) is 12.1 Å². The van der Waals surface area contributed by atoms with Crippen molar-refractivity contribution in [1.82, 2.24) is 19.3 Å². The standard InChI is InChI=1S/C27H24F3N5O3S/c1-34-16-23-22-15-19(26(37)33-39(38,14-2-13-36)17-18-9-11-31-12-10-18)3-8-24(22)35(25(23)32-34)21-6-4-20(5-7-21)27(28,29)30/h3-12,15-16,36H,2,13-14,17H2,1H3/t39-/m1/s1. The molecule has 0 saturated carbocycles. The van der Waals surface area contributed by atoms with Crippen LogP contribution in [0.3, 0.4) is 0 Å². The van der Waals surface area contributed by atoms with Gasteiger partial charge in [0.1, 0.15) is 0 Å². The van der Waals surface area contributed by atoms with Crippen LogP contribution in [-0.2, 0) is 28.7 Å². The first-order valence-corrected chi connectivity index (χ1v) is 13.9. The number of carbonyl (C=O) groups excluding carboxylic acids is 1. The lowest BCUT2D eigenvalue weighted by Crippen LogP contribution is -2.13. The second-order valence-corrected chi connectivity index (χ2v) is 11.5. The normalized spacial score (nSPS) is 13.6. The van der Waals surface area contributed by atoms with Gasteiger partial charge in [-0.3, -0.25) is 19.0 Å². The summed E-state index contributed by atoms with van der Waals surface area (Å²) in [7, 11) is -1.30. The van der Waals surface area contributed by atoms with Gasteiger partial charge in [0.05, 0.1) is 26.6 Å². The van der Waals surface area contributed by atoms with Crippen molar-refractivity contribution in [1.29, 1.82) is 0 Å². The van der Waals surface area contributed by atoms with Crippen molar-refractivity contribution >= 4 is 37.6 Å². The number of halogens is 3. The summed E-state index contributed by atoms with van der Waals surface area (Å²) in [6, 6.07) is 13.0. The van der Waals surface area contributed by atoms with Crippen LogP contribution >= 0.6 is 0 Å². The molecule has 5 rings (SSSR count). The van der Waals surface area contributed by atoms with E-state index in [-0.39, 0.29) is 30.1 Å². The Kier molecular flexibility index (Phi) is 7.00. The second kappa shape index (κ2) is 10.3. The summed E-state index contributed by atoms with van der Waals surface area (Å²) in [6.45, 7) is -0.181. The minimum atomic E-state index is -4.45. The Morgan fingerprint density at radius 2 is 1.77 bits per heavy atom. The summed E-state index contributed by atoms with van der Waals surface area (Å²) in [6.07, 6.45) is 0.669. The number of fused-ring (bicyclic) bond motifs is 3. The third-order valence-corrected chi connectivity index (χ3v) is 8.47. The van der Waals surface area contributed by atoms with Crippen LogP contribution in [0, 0.1) is 0 Å². The molecule has 0 aliphatic carbocycles. The molecule has 0 spiro atoms.